The van der Waals surface area contributed by atoms with Crippen molar-refractivity contribution < 1.29 is 13.6 Å². The van der Waals surface area contributed by atoms with Crippen LogP contribution in [0.15, 0.2) is 54.7 Å². The quantitative estimate of drug-likeness (QED) is 0.262. The molecule has 0 unspecified atom stereocenters. The minimum absolute atomic E-state index is 0.268. The van der Waals surface area contributed by atoms with Gasteiger partial charge in [-0.15, -0.1) is 0 Å². The lowest BCUT2D eigenvalue weighted by Gasteiger charge is -2.11. The highest BCUT2D eigenvalue weighted by molar-refractivity contribution is 6.04. The van der Waals surface area contributed by atoms with Gasteiger partial charge in [-0.25, -0.2) is 8.78 Å². The molecular weight excluding hydrogens is 422 g/mol. The minimum Gasteiger partial charge on any atom is -0.397 e. The Labute approximate surface area is 193 Å². The molecule has 0 atom stereocenters. The van der Waals surface area contributed by atoms with E-state index in [0.717, 1.165) is 56.8 Å². The van der Waals surface area contributed by atoms with Gasteiger partial charge in [-0.2, -0.15) is 0 Å². The van der Waals surface area contributed by atoms with Crippen LogP contribution in [0.4, 0.5) is 20.2 Å². The number of nitrogen functional groups attached to an aromatic ring is 1. The van der Waals surface area contributed by atoms with Crippen LogP contribution in [0.25, 0.3) is 11.1 Å². The third-order valence-corrected chi connectivity index (χ3v) is 5.30. The average molecular weight is 453 g/mol. The number of unbranched alkanes of at least 4 members (excludes halogenated alkanes) is 2. The minimum atomic E-state index is -0.676. The number of benzene rings is 2. The van der Waals surface area contributed by atoms with Gasteiger partial charge in [0.05, 0.1) is 11.4 Å². The molecule has 0 saturated carbocycles. The van der Waals surface area contributed by atoms with Crippen LogP contribution in [0.3, 0.4) is 0 Å². The number of rotatable bonds is 11. The molecule has 0 aliphatic heterocycles. The molecule has 0 saturated heterocycles. The zero-order chi connectivity index (χ0) is 23.6. The number of amides is 1. The van der Waals surface area contributed by atoms with Gasteiger partial charge < -0.3 is 16.4 Å². The Morgan fingerprint density at radius 2 is 1.73 bits per heavy atom. The molecule has 0 fully saturated rings. The molecule has 0 aliphatic rings. The zero-order valence-electron chi connectivity index (χ0n) is 18.8. The van der Waals surface area contributed by atoms with Gasteiger partial charge in [-0.3, -0.25) is 9.78 Å². The van der Waals surface area contributed by atoms with Crippen LogP contribution in [-0.2, 0) is 6.42 Å². The van der Waals surface area contributed by atoms with Crippen LogP contribution in [0.1, 0.15) is 48.7 Å². The van der Waals surface area contributed by atoms with Crippen LogP contribution >= 0.6 is 0 Å². The molecular formula is C26H30F2N4O. The Hall–Kier alpha value is -3.32. The molecule has 0 radical (unpaired) electrons. The number of aromatic nitrogens is 1. The van der Waals surface area contributed by atoms with E-state index in [-0.39, 0.29) is 5.69 Å². The van der Waals surface area contributed by atoms with Crippen molar-refractivity contribution in [2.45, 2.75) is 39.0 Å². The number of anilines is 2. The van der Waals surface area contributed by atoms with E-state index in [1.165, 1.54) is 12.1 Å². The summed E-state index contributed by atoms with van der Waals surface area (Å²) in [6.45, 7) is 4.27. The molecule has 4 N–H and O–H groups in total. The first kappa shape index (κ1) is 24.3. The van der Waals surface area contributed by atoms with E-state index in [0.29, 0.717) is 22.5 Å². The fraction of sp³-hybridized carbons (Fsp3) is 0.308. The van der Waals surface area contributed by atoms with Crippen LogP contribution in [-0.4, -0.2) is 24.0 Å². The van der Waals surface area contributed by atoms with Crippen molar-refractivity contribution >= 4 is 17.3 Å². The Balaban J connectivity index is 1.58. The van der Waals surface area contributed by atoms with Gasteiger partial charge in [0.25, 0.3) is 5.91 Å². The zero-order valence-corrected chi connectivity index (χ0v) is 18.8. The maximum atomic E-state index is 13.6. The number of carbonyl (C=O) groups is 1. The van der Waals surface area contributed by atoms with Crippen LogP contribution in [0.5, 0.6) is 0 Å². The van der Waals surface area contributed by atoms with Crippen molar-refractivity contribution in [3.63, 3.8) is 0 Å². The van der Waals surface area contributed by atoms with Gasteiger partial charge in [0.2, 0.25) is 0 Å². The summed E-state index contributed by atoms with van der Waals surface area (Å²) in [7, 11) is 0. The van der Waals surface area contributed by atoms with E-state index in [2.05, 4.69) is 22.5 Å². The van der Waals surface area contributed by atoms with Crippen molar-refractivity contribution in [1.29, 1.82) is 0 Å². The largest absolute Gasteiger partial charge is 0.397 e. The number of nitrogens with zero attached hydrogens (tertiary/aromatic N) is 1. The van der Waals surface area contributed by atoms with E-state index in [4.69, 9.17) is 5.73 Å². The summed E-state index contributed by atoms with van der Waals surface area (Å²) in [5.74, 6) is -1.76. The maximum absolute atomic E-state index is 13.6. The van der Waals surface area contributed by atoms with E-state index >= 15 is 0 Å². The van der Waals surface area contributed by atoms with Gasteiger partial charge in [0.15, 0.2) is 0 Å². The van der Waals surface area contributed by atoms with Gasteiger partial charge in [-0.1, -0.05) is 25.5 Å². The lowest BCUT2D eigenvalue weighted by Crippen LogP contribution is -2.15. The maximum Gasteiger partial charge on any atom is 0.274 e. The van der Waals surface area contributed by atoms with E-state index in [1.807, 2.05) is 6.07 Å². The summed E-state index contributed by atoms with van der Waals surface area (Å²) >= 11 is 0. The van der Waals surface area contributed by atoms with Crippen molar-refractivity contribution in [2.24, 2.45) is 0 Å². The van der Waals surface area contributed by atoms with Gasteiger partial charge in [-0.05, 0) is 85.8 Å². The first-order chi connectivity index (χ1) is 16.0. The third kappa shape index (κ3) is 7.36. The molecule has 33 heavy (non-hydrogen) atoms. The number of hydrogen-bond acceptors (Lipinski definition) is 4. The number of carbonyl (C=O) groups excluding carboxylic acids is 1. The highest BCUT2D eigenvalue weighted by atomic mass is 19.1. The van der Waals surface area contributed by atoms with Crippen molar-refractivity contribution in [3.8, 4) is 11.1 Å². The van der Waals surface area contributed by atoms with E-state index in [9.17, 15) is 13.6 Å². The van der Waals surface area contributed by atoms with Crippen molar-refractivity contribution in [3.05, 3.63) is 77.6 Å². The standard InChI is InChI=1S/C26H30F2N4O/c1-2-11-30-12-5-3-4-6-18-7-10-24(31-17-18)26(33)32-25-15-19(8-9-23(25)29)20-13-21(27)16-22(28)14-20/h7-10,13-17,30H,2-6,11-12,29H2,1H3,(H,32,33). The molecule has 2 aromatic carbocycles. The lowest BCUT2D eigenvalue weighted by atomic mass is 10.0. The smallest absolute Gasteiger partial charge is 0.274 e. The van der Waals surface area contributed by atoms with Gasteiger partial charge >= 0.3 is 0 Å². The number of aryl methyl sites for hydroxylation is 1. The fourth-order valence-electron chi connectivity index (χ4n) is 3.52. The number of halogens is 2. The molecule has 0 aliphatic carbocycles. The SMILES string of the molecule is CCCNCCCCCc1ccc(C(=O)Nc2cc(-c3cc(F)cc(F)c3)ccc2N)nc1. The predicted molar refractivity (Wildman–Crippen MR) is 129 cm³/mol. The summed E-state index contributed by atoms with van der Waals surface area (Å²) in [6.07, 6.45) is 7.16. The number of nitrogens with two attached hydrogens (primary N) is 1. The molecule has 5 nitrogen and oxygen atoms in total. The van der Waals surface area contributed by atoms with Crippen LogP contribution < -0.4 is 16.4 Å². The first-order valence-corrected chi connectivity index (χ1v) is 11.3. The Morgan fingerprint density at radius 3 is 2.42 bits per heavy atom. The monoisotopic (exact) mass is 452 g/mol. The average Bonchev–Trinajstić information content (AvgIpc) is 2.79. The molecule has 0 spiro atoms. The highest BCUT2D eigenvalue weighted by Crippen LogP contribution is 2.28. The summed E-state index contributed by atoms with van der Waals surface area (Å²) in [5, 5.41) is 6.14. The molecule has 1 aromatic heterocycles. The molecule has 0 bridgehead atoms. The summed E-state index contributed by atoms with van der Waals surface area (Å²) in [6, 6.07) is 11.7. The third-order valence-electron chi connectivity index (χ3n) is 5.30. The molecule has 3 aromatic rings. The molecule has 1 amide bonds. The molecule has 174 valence electrons. The number of hydrogen-bond donors (Lipinski definition) is 3. The molecule has 1 heterocycles. The van der Waals surface area contributed by atoms with E-state index in [1.54, 1.807) is 30.5 Å². The summed E-state index contributed by atoms with van der Waals surface area (Å²) in [4.78, 5) is 16.9. The normalized spacial score (nSPS) is 10.9. The van der Waals surface area contributed by atoms with Crippen molar-refractivity contribution in [1.82, 2.24) is 10.3 Å². The Morgan fingerprint density at radius 1 is 0.939 bits per heavy atom. The summed E-state index contributed by atoms with van der Waals surface area (Å²) < 4.78 is 27.1. The number of nitrogens with one attached hydrogen (secondary N) is 2. The lowest BCUT2D eigenvalue weighted by molar-refractivity contribution is 0.102. The summed E-state index contributed by atoms with van der Waals surface area (Å²) in [5.41, 5.74) is 8.93. The van der Waals surface area contributed by atoms with Gasteiger partial charge in [0, 0.05) is 12.3 Å². The second kappa shape index (κ2) is 12.1. The fourth-order valence-corrected chi connectivity index (χ4v) is 3.52. The molecule has 3 rings (SSSR count). The first-order valence-electron chi connectivity index (χ1n) is 11.3. The topological polar surface area (TPSA) is 80.0 Å². The Bertz CT molecular complexity index is 1050. The van der Waals surface area contributed by atoms with Crippen LogP contribution in [0.2, 0.25) is 0 Å². The second-order valence-electron chi connectivity index (χ2n) is 8.03. The van der Waals surface area contributed by atoms with Gasteiger partial charge in [0.1, 0.15) is 17.3 Å². The number of pyridine rings is 1. The van der Waals surface area contributed by atoms with Crippen molar-refractivity contribution in [2.75, 3.05) is 24.1 Å². The van der Waals surface area contributed by atoms with E-state index < -0.39 is 17.5 Å². The highest BCUT2D eigenvalue weighted by Gasteiger charge is 2.12. The second-order valence-corrected chi connectivity index (χ2v) is 8.03. The van der Waals surface area contributed by atoms with Crippen LogP contribution in [0, 0.1) is 11.6 Å². The Kier molecular flexibility index (Phi) is 8.89. The predicted octanol–water partition coefficient (Wildman–Crippen LogP) is 5.57. The molecule has 7 heteroatoms.